The summed E-state index contributed by atoms with van der Waals surface area (Å²) in [6.45, 7) is 1.59. The van der Waals surface area contributed by atoms with Crippen LogP contribution in [0.15, 0.2) is 36.4 Å². The zero-order chi connectivity index (χ0) is 17.3. The Balaban J connectivity index is 1.55. The van der Waals surface area contributed by atoms with Gasteiger partial charge in [0.05, 0.1) is 34.3 Å². The van der Waals surface area contributed by atoms with Crippen LogP contribution in [-0.4, -0.2) is 44.9 Å². The van der Waals surface area contributed by atoms with E-state index in [0.717, 1.165) is 11.0 Å². The summed E-state index contributed by atoms with van der Waals surface area (Å²) < 4.78 is 6.47. The number of benzene rings is 1. The number of halogens is 1. The number of anilines is 1. The molecule has 2 bridgehead atoms. The predicted molar refractivity (Wildman–Crippen MR) is 97.0 cm³/mol. The largest absolute Gasteiger partial charge is 0.449 e. The van der Waals surface area contributed by atoms with Gasteiger partial charge in [-0.3, -0.25) is 5.32 Å². The number of amides is 1. The first-order chi connectivity index (χ1) is 11.3. The van der Waals surface area contributed by atoms with Gasteiger partial charge < -0.3 is 9.22 Å². The molecule has 0 aliphatic heterocycles. The first kappa shape index (κ1) is 17.3. The third-order valence-corrected chi connectivity index (χ3v) is 5.31. The normalized spacial score (nSPS) is 28.2. The van der Waals surface area contributed by atoms with E-state index in [4.69, 9.17) is 16.3 Å². The highest BCUT2D eigenvalue weighted by molar-refractivity contribution is 6.30. The van der Waals surface area contributed by atoms with Crippen molar-refractivity contribution < 1.29 is 14.0 Å². The molecular weight excluding hydrogens is 324 g/mol. The van der Waals surface area contributed by atoms with Crippen LogP contribution in [0.5, 0.6) is 0 Å². The second-order valence-corrected chi connectivity index (χ2v) is 8.42. The first-order valence-corrected chi connectivity index (χ1v) is 8.88. The number of carbonyl (C=O) groups excluding carboxylic acids is 1. The highest BCUT2D eigenvalue weighted by Crippen LogP contribution is 2.48. The highest BCUT2D eigenvalue weighted by Gasteiger charge is 2.47. The lowest BCUT2D eigenvalue weighted by atomic mass is 9.83. The van der Waals surface area contributed by atoms with Gasteiger partial charge in [0.15, 0.2) is 0 Å². The number of nitrogens with zero attached hydrogens (tertiary/aromatic N) is 1. The Morgan fingerprint density at radius 2 is 1.79 bits per heavy atom. The lowest BCUT2D eigenvalue weighted by molar-refractivity contribution is -0.874. The summed E-state index contributed by atoms with van der Waals surface area (Å²) >= 11 is 5.85. The summed E-state index contributed by atoms with van der Waals surface area (Å²) in [6, 6.07) is 7.03. The van der Waals surface area contributed by atoms with Gasteiger partial charge in [-0.1, -0.05) is 23.8 Å². The van der Waals surface area contributed by atoms with Crippen LogP contribution in [0.3, 0.4) is 0 Å². The van der Waals surface area contributed by atoms with Gasteiger partial charge in [0.1, 0.15) is 0 Å². The summed E-state index contributed by atoms with van der Waals surface area (Å²) in [5.41, 5.74) is 0.695. The van der Waals surface area contributed by atoms with Crippen LogP contribution in [-0.2, 0) is 4.74 Å². The van der Waals surface area contributed by atoms with E-state index >= 15 is 0 Å². The molecule has 24 heavy (non-hydrogen) atoms. The van der Waals surface area contributed by atoms with Gasteiger partial charge in [-0.05, 0) is 42.5 Å². The number of rotatable bonds is 5. The fourth-order valence-corrected chi connectivity index (χ4v) is 4.16. The Bertz CT molecular complexity index is 621. The van der Waals surface area contributed by atoms with Crippen molar-refractivity contribution in [3.8, 4) is 0 Å². The molecule has 130 valence electrons. The fourth-order valence-electron chi connectivity index (χ4n) is 4.04. The van der Waals surface area contributed by atoms with Crippen LogP contribution >= 0.6 is 11.6 Å². The minimum absolute atomic E-state index is 0.395. The molecule has 1 aromatic carbocycles. The van der Waals surface area contributed by atoms with Crippen LogP contribution in [0.4, 0.5) is 10.5 Å². The molecule has 2 aliphatic carbocycles. The zero-order valence-electron chi connectivity index (χ0n) is 14.5. The standard InChI is InChI=1S/C19H25ClN2O2/c1-22(2,3)11-17-13-4-5-14(10-13)18(17)12-24-19(23)21-16-8-6-15(20)7-9-16/h4-9,13-14,17-18H,10-12H2,1-3H3/p+1/t13-,14-,17+,18+/m0/s1. The third kappa shape index (κ3) is 4.11. The van der Waals surface area contributed by atoms with Crippen molar-refractivity contribution in [1.29, 1.82) is 0 Å². The molecule has 1 aromatic rings. The Labute approximate surface area is 149 Å². The van der Waals surface area contributed by atoms with E-state index in [1.54, 1.807) is 24.3 Å². The molecule has 1 fully saturated rings. The lowest BCUT2D eigenvalue weighted by Crippen LogP contribution is -2.43. The van der Waals surface area contributed by atoms with Crippen molar-refractivity contribution in [2.45, 2.75) is 6.42 Å². The summed E-state index contributed by atoms with van der Waals surface area (Å²) in [7, 11) is 6.67. The van der Waals surface area contributed by atoms with Crippen molar-refractivity contribution in [2.24, 2.45) is 23.7 Å². The van der Waals surface area contributed by atoms with Crippen LogP contribution in [0, 0.1) is 23.7 Å². The van der Waals surface area contributed by atoms with Crippen molar-refractivity contribution >= 4 is 23.4 Å². The topological polar surface area (TPSA) is 38.3 Å². The third-order valence-electron chi connectivity index (χ3n) is 5.06. The SMILES string of the molecule is C[N+](C)(C)C[C@H]1[C@H](COC(=O)Nc2ccc(Cl)cc2)[C@H]2C=C[C@H]1C2. The van der Waals surface area contributed by atoms with Gasteiger partial charge >= 0.3 is 6.09 Å². The molecule has 4 atom stereocenters. The second-order valence-electron chi connectivity index (χ2n) is 7.98. The molecule has 0 spiro atoms. The fraction of sp³-hybridized carbons (Fsp3) is 0.526. The van der Waals surface area contributed by atoms with E-state index in [-0.39, 0.29) is 0 Å². The van der Waals surface area contributed by atoms with Gasteiger partial charge in [-0.15, -0.1) is 0 Å². The molecule has 2 aliphatic rings. The van der Waals surface area contributed by atoms with Gasteiger partial charge in [-0.25, -0.2) is 4.79 Å². The summed E-state index contributed by atoms with van der Waals surface area (Å²) in [6.07, 6.45) is 5.47. The van der Waals surface area contributed by atoms with E-state index in [1.807, 2.05) is 0 Å². The number of nitrogens with one attached hydrogen (secondary N) is 1. The number of quaternary nitrogens is 1. The molecule has 0 heterocycles. The molecule has 1 N–H and O–H groups in total. The molecule has 1 saturated carbocycles. The highest BCUT2D eigenvalue weighted by atomic mass is 35.5. The molecule has 1 amide bonds. The Morgan fingerprint density at radius 1 is 1.17 bits per heavy atom. The first-order valence-electron chi connectivity index (χ1n) is 8.50. The smallest absolute Gasteiger partial charge is 0.411 e. The van der Waals surface area contributed by atoms with E-state index in [9.17, 15) is 4.79 Å². The van der Waals surface area contributed by atoms with Gasteiger partial charge in [-0.2, -0.15) is 0 Å². The van der Waals surface area contributed by atoms with Gasteiger partial charge in [0, 0.05) is 22.5 Å². The number of fused-ring (bicyclic) bond motifs is 2. The Morgan fingerprint density at radius 3 is 2.42 bits per heavy atom. The average Bonchev–Trinajstić information content (AvgIpc) is 3.08. The maximum atomic E-state index is 12.1. The summed E-state index contributed by atoms with van der Waals surface area (Å²) in [5.74, 6) is 2.20. The van der Waals surface area contributed by atoms with Crippen molar-refractivity contribution in [1.82, 2.24) is 0 Å². The van der Waals surface area contributed by atoms with Gasteiger partial charge in [0.25, 0.3) is 0 Å². The van der Waals surface area contributed by atoms with Crippen molar-refractivity contribution in [3.05, 3.63) is 41.4 Å². The van der Waals surface area contributed by atoms with E-state index in [0.29, 0.717) is 41.0 Å². The molecule has 3 rings (SSSR count). The molecule has 4 nitrogen and oxygen atoms in total. The minimum Gasteiger partial charge on any atom is -0.449 e. The second kappa shape index (κ2) is 6.77. The Kier molecular flexibility index (Phi) is 4.88. The van der Waals surface area contributed by atoms with Crippen LogP contribution in [0.1, 0.15) is 6.42 Å². The average molecular weight is 350 g/mol. The minimum atomic E-state index is -0.395. The number of ether oxygens (including phenoxy) is 1. The Hall–Kier alpha value is -1.52. The predicted octanol–water partition coefficient (Wildman–Crippen LogP) is 4.03. The summed E-state index contributed by atoms with van der Waals surface area (Å²) in [4.78, 5) is 12.1. The van der Waals surface area contributed by atoms with Crippen LogP contribution in [0.2, 0.25) is 5.02 Å². The molecule has 5 heteroatoms. The lowest BCUT2D eigenvalue weighted by Gasteiger charge is -2.34. The van der Waals surface area contributed by atoms with E-state index in [2.05, 4.69) is 38.6 Å². The zero-order valence-corrected chi connectivity index (χ0v) is 15.3. The monoisotopic (exact) mass is 349 g/mol. The number of carbonyl (C=O) groups is 1. The van der Waals surface area contributed by atoms with E-state index in [1.165, 1.54) is 6.42 Å². The van der Waals surface area contributed by atoms with Crippen LogP contribution in [0.25, 0.3) is 0 Å². The van der Waals surface area contributed by atoms with Crippen molar-refractivity contribution in [2.75, 3.05) is 39.6 Å². The molecule has 0 saturated heterocycles. The quantitative estimate of drug-likeness (QED) is 0.643. The maximum absolute atomic E-state index is 12.1. The number of hydrogen-bond acceptors (Lipinski definition) is 2. The van der Waals surface area contributed by atoms with Crippen LogP contribution < -0.4 is 5.32 Å². The summed E-state index contributed by atoms with van der Waals surface area (Å²) in [5, 5.41) is 3.40. The maximum Gasteiger partial charge on any atom is 0.411 e. The molecule has 0 aromatic heterocycles. The van der Waals surface area contributed by atoms with Crippen molar-refractivity contribution in [3.63, 3.8) is 0 Å². The number of hydrogen-bond donors (Lipinski definition) is 1. The number of allylic oxidation sites excluding steroid dienone is 2. The molecule has 0 radical (unpaired) electrons. The molecule has 0 unspecified atom stereocenters. The van der Waals surface area contributed by atoms with Gasteiger partial charge in [0.2, 0.25) is 0 Å². The molecular formula is C19H26ClN2O2+. The van der Waals surface area contributed by atoms with E-state index < -0.39 is 6.09 Å².